The molecule has 5 heteroatoms. The van der Waals surface area contributed by atoms with E-state index in [0.29, 0.717) is 18.3 Å². The molecule has 0 aromatic carbocycles. The third-order valence-corrected chi connectivity index (χ3v) is 7.02. The quantitative estimate of drug-likeness (QED) is 0.902. The van der Waals surface area contributed by atoms with Crippen molar-refractivity contribution in [3.05, 3.63) is 29.6 Å². The highest BCUT2D eigenvalue weighted by Crippen LogP contribution is 2.52. The molecule has 0 bridgehead atoms. The Balaban J connectivity index is 1.75. The van der Waals surface area contributed by atoms with Crippen LogP contribution < -0.4 is 0 Å². The van der Waals surface area contributed by atoms with Crippen LogP contribution in [0, 0.1) is 12.3 Å². The van der Waals surface area contributed by atoms with E-state index in [1.807, 2.05) is 33.0 Å². The zero-order chi connectivity index (χ0) is 19.1. The number of carbonyl (C=O) groups is 1. The molecule has 1 aromatic rings. The van der Waals surface area contributed by atoms with Gasteiger partial charge in [0.2, 0.25) is 0 Å². The van der Waals surface area contributed by atoms with Crippen LogP contribution in [0.25, 0.3) is 0 Å². The summed E-state index contributed by atoms with van der Waals surface area (Å²) in [5.41, 5.74) is 0.570. The minimum atomic E-state index is -0.655. The zero-order valence-electron chi connectivity index (χ0n) is 16.8. The van der Waals surface area contributed by atoms with E-state index in [-0.39, 0.29) is 17.4 Å². The first-order valence-corrected chi connectivity index (χ1v) is 9.79. The lowest BCUT2D eigenvalue weighted by Gasteiger charge is -2.43. The molecule has 3 rings (SSSR count). The van der Waals surface area contributed by atoms with Gasteiger partial charge in [0.15, 0.2) is 0 Å². The Morgan fingerprint density at radius 3 is 2.81 bits per heavy atom. The van der Waals surface area contributed by atoms with Crippen LogP contribution in [0.4, 0.5) is 0 Å². The van der Waals surface area contributed by atoms with Crippen molar-refractivity contribution in [3.8, 4) is 0 Å². The summed E-state index contributed by atoms with van der Waals surface area (Å²) in [4.78, 5) is 21.3. The summed E-state index contributed by atoms with van der Waals surface area (Å²) < 4.78 is 0. The predicted molar refractivity (Wildman–Crippen MR) is 103 cm³/mol. The second-order valence-corrected chi connectivity index (χ2v) is 8.83. The van der Waals surface area contributed by atoms with Crippen molar-refractivity contribution in [2.75, 3.05) is 20.6 Å². The Kier molecular flexibility index (Phi) is 5.15. The van der Waals surface area contributed by atoms with Crippen molar-refractivity contribution in [3.63, 3.8) is 0 Å². The fourth-order valence-electron chi connectivity index (χ4n) is 5.12. The number of nitrogens with zero attached hydrogens (tertiary/aromatic N) is 3. The summed E-state index contributed by atoms with van der Waals surface area (Å²) in [6.45, 7) is 6.81. The molecule has 2 heterocycles. The third kappa shape index (κ3) is 3.27. The number of aromatic nitrogens is 1. The number of hydrogen-bond acceptors (Lipinski definition) is 4. The van der Waals surface area contributed by atoms with Crippen molar-refractivity contribution in [2.24, 2.45) is 5.41 Å². The first-order chi connectivity index (χ1) is 12.2. The van der Waals surface area contributed by atoms with E-state index >= 15 is 0 Å². The average molecular weight is 360 g/mol. The summed E-state index contributed by atoms with van der Waals surface area (Å²) in [6.07, 6.45) is 5.16. The normalized spacial score (nSPS) is 35.0. The highest BCUT2D eigenvalue weighted by Gasteiger charge is 2.57. The van der Waals surface area contributed by atoms with Gasteiger partial charge in [0, 0.05) is 36.8 Å². The number of aliphatic hydroxyl groups is 1. The van der Waals surface area contributed by atoms with Crippen LogP contribution >= 0.6 is 0 Å². The highest BCUT2D eigenvalue weighted by atomic mass is 16.3. The van der Waals surface area contributed by atoms with Crippen LogP contribution in [0.5, 0.6) is 0 Å². The van der Waals surface area contributed by atoms with E-state index in [0.717, 1.165) is 37.8 Å². The van der Waals surface area contributed by atoms with E-state index in [1.165, 1.54) is 0 Å². The number of hydrogen-bond donors (Lipinski definition) is 1. The summed E-state index contributed by atoms with van der Waals surface area (Å²) >= 11 is 0. The van der Waals surface area contributed by atoms with Gasteiger partial charge in [0.1, 0.15) is 5.69 Å². The van der Waals surface area contributed by atoms with Gasteiger partial charge in [-0.15, -0.1) is 0 Å². The van der Waals surface area contributed by atoms with Crippen molar-refractivity contribution >= 4 is 5.91 Å². The second kappa shape index (κ2) is 6.93. The second-order valence-electron chi connectivity index (χ2n) is 8.83. The van der Waals surface area contributed by atoms with E-state index in [1.54, 1.807) is 11.0 Å². The van der Waals surface area contributed by atoms with Crippen molar-refractivity contribution in [2.45, 2.75) is 70.6 Å². The molecule has 0 radical (unpaired) electrons. The number of likely N-dealkylation sites (N-methyl/N-ethyl adjacent to an activating group) is 2. The summed E-state index contributed by atoms with van der Waals surface area (Å²) in [7, 11) is 4.01. The van der Waals surface area contributed by atoms with Crippen LogP contribution in [0.2, 0.25) is 0 Å². The molecule has 2 aliphatic rings. The molecule has 1 aliphatic carbocycles. The minimum Gasteiger partial charge on any atom is -0.390 e. The Morgan fingerprint density at radius 1 is 1.38 bits per heavy atom. The number of aryl methyl sites for hydroxylation is 1. The number of fused-ring (bicyclic) bond motifs is 1. The van der Waals surface area contributed by atoms with Gasteiger partial charge in [0.25, 0.3) is 5.91 Å². The van der Waals surface area contributed by atoms with Crippen molar-refractivity contribution in [1.82, 2.24) is 14.8 Å². The minimum absolute atomic E-state index is 0.0360. The first kappa shape index (κ1) is 19.3. The smallest absolute Gasteiger partial charge is 0.272 e. The van der Waals surface area contributed by atoms with E-state index < -0.39 is 5.60 Å². The monoisotopic (exact) mass is 359 g/mol. The van der Waals surface area contributed by atoms with Gasteiger partial charge in [0.05, 0.1) is 5.60 Å². The molecule has 4 atom stereocenters. The third-order valence-electron chi connectivity index (χ3n) is 7.02. The van der Waals surface area contributed by atoms with Gasteiger partial charge in [-0.05, 0) is 52.3 Å². The molecule has 1 saturated carbocycles. The molecule has 26 heavy (non-hydrogen) atoms. The fourth-order valence-corrected chi connectivity index (χ4v) is 5.12. The maximum atomic E-state index is 12.8. The van der Waals surface area contributed by atoms with Gasteiger partial charge >= 0.3 is 0 Å². The van der Waals surface area contributed by atoms with Gasteiger partial charge in [-0.2, -0.15) is 0 Å². The van der Waals surface area contributed by atoms with Gasteiger partial charge < -0.3 is 10.0 Å². The SMILES string of the molecule is Cc1cccc(C(=O)N(C)C[C@H]2C[C@]3(C)[C@@H](CCCC[C@]3(C)O)N2C)n1. The summed E-state index contributed by atoms with van der Waals surface area (Å²) in [5.74, 6) is -0.0360. The van der Waals surface area contributed by atoms with Crippen LogP contribution in [0.15, 0.2) is 18.2 Å². The molecular formula is C21H33N3O2. The van der Waals surface area contributed by atoms with Crippen LogP contribution in [-0.2, 0) is 0 Å². The summed E-state index contributed by atoms with van der Waals surface area (Å²) in [5, 5.41) is 11.2. The van der Waals surface area contributed by atoms with Gasteiger partial charge in [-0.1, -0.05) is 25.8 Å². The number of likely N-dealkylation sites (tertiary alicyclic amines) is 1. The lowest BCUT2D eigenvalue weighted by atomic mass is 9.67. The molecule has 1 aliphatic heterocycles. The van der Waals surface area contributed by atoms with Crippen LogP contribution in [-0.4, -0.2) is 64.1 Å². The Bertz CT molecular complexity index is 675. The molecular weight excluding hydrogens is 326 g/mol. The standard InChI is InChI=1S/C21H33N3O2/c1-15-9-8-10-17(22-15)19(25)23(4)14-16-13-20(2)18(24(16)5)11-6-7-12-21(20,3)26/h8-10,16,18,26H,6-7,11-14H2,1-5H3/t16-,18-,20-,21+/m1/s1. The number of rotatable bonds is 3. The molecule has 5 nitrogen and oxygen atoms in total. The summed E-state index contributed by atoms with van der Waals surface area (Å²) in [6, 6.07) is 6.18. The van der Waals surface area contributed by atoms with Crippen molar-refractivity contribution in [1.29, 1.82) is 0 Å². The van der Waals surface area contributed by atoms with Crippen molar-refractivity contribution < 1.29 is 9.90 Å². The maximum absolute atomic E-state index is 12.8. The molecule has 1 saturated heterocycles. The fraction of sp³-hybridized carbons (Fsp3) is 0.714. The maximum Gasteiger partial charge on any atom is 0.272 e. The van der Waals surface area contributed by atoms with E-state index in [9.17, 15) is 9.90 Å². The van der Waals surface area contributed by atoms with Crippen LogP contribution in [0.3, 0.4) is 0 Å². The molecule has 144 valence electrons. The molecule has 1 aromatic heterocycles. The average Bonchev–Trinajstić information content (AvgIpc) is 2.75. The lowest BCUT2D eigenvalue weighted by molar-refractivity contribution is -0.0754. The van der Waals surface area contributed by atoms with Gasteiger partial charge in [-0.25, -0.2) is 4.98 Å². The Labute approximate surface area is 157 Å². The Morgan fingerprint density at radius 2 is 2.12 bits per heavy atom. The van der Waals surface area contributed by atoms with Gasteiger partial charge in [-0.3, -0.25) is 9.69 Å². The molecule has 0 spiro atoms. The highest BCUT2D eigenvalue weighted by molar-refractivity contribution is 5.92. The molecule has 1 amide bonds. The van der Waals surface area contributed by atoms with Crippen LogP contribution in [0.1, 0.15) is 62.1 Å². The molecule has 1 N–H and O–H groups in total. The number of amides is 1. The number of pyridine rings is 1. The first-order valence-electron chi connectivity index (χ1n) is 9.79. The van der Waals surface area contributed by atoms with E-state index in [2.05, 4.69) is 23.9 Å². The largest absolute Gasteiger partial charge is 0.390 e. The zero-order valence-corrected chi connectivity index (χ0v) is 16.8. The van der Waals surface area contributed by atoms with E-state index in [4.69, 9.17) is 0 Å². The number of carbonyl (C=O) groups excluding carboxylic acids is 1. The topological polar surface area (TPSA) is 56.7 Å². The Hall–Kier alpha value is -1.46. The molecule has 0 unspecified atom stereocenters. The predicted octanol–water partition coefficient (Wildman–Crippen LogP) is 2.87. The lowest BCUT2D eigenvalue weighted by Crippen LogP contribution is -2.50. The molecule has 2 fully saturated rings.